The average molecular weight is 493 g/mol. The van der Waals surface area contributed by atoms with Crippen LogP contribution in [-0.4, -0.2) is 23.8 Å². The predicted molar refractivity (Wildman–Crippen MR) is 142 cm³/mol. The fraction of sp³-hybridized carbons (Fsp3) is 0.656. The van der Waals surface area contributed by atoms with Crippen LogP contribution < -0.4 is 4.74 Å². The molecular formula is C32H44O4. The van der Waals surface area contributed by atoms with Gasteiger partial charge in [0.05, 0.1) is 13.7 Å². The summed E-state index contributed by atoms with van der Waals surface area (Å²) in [5.41, 5.74) is 2.36. The predicted octanol–water partition coefficient (Wildman–Crippen LogP) is 7.01. The molecule has 3 saturated carbocycles. The number of rotatable bonds is 7. The van der Waals surface area contributed by atoms with E-state index >= 15 is 0 Å². The Morgan fingerprint density at radius 2 is 1.83 bits per heavy atom. The highest BCUT2D eigenvalue weighted by atomic mass is 16.6. The maximum Gasteiger partial charge on any atom is 0.169 e. The van der Waals surface area contributed by atoms with Crippen molar-refractivity contribution in [1.29, 1.82) is 0 Å². The van der Waals surface area contributed by atoms with Gasteiger partial charge in [-0.25, -0.2) is 0 Å². The second kappa shape index (κ2) is 9.13. The summed E-state index contributed by atoms with van der Waals surface area (Å²) in [4.78, 5) is 13.0. The van der Waals surface area contributed by atoms with Crippen molar-refractivity contribution in [3.05, 3.63) is 54.1 Å². The Kier molecular flexibility index (Phi) is 6.53. The molecule has 0 spiro atoms. The second-order valence-corrected chi connectivity index (χ2v) is 12.6. The minimum absolute atomic E-state index is 0.0623. The van der Waals surface area contributed by atoms with Crippen molar-refractivity contribution in [2.45, 2.75) is 91.0 Å². The SMILES string of the molecule is C=CCC1(C(C)=O)CCC2C3CC=C4CC(O)(OCc5ccc(OC)cc5)CCC4(C)C3CCC21C. The highest BCUT2D eigenvalue weighted by molar-refractivity contribution is 5.84. The fourth-order valence-electron chi connectivity index (χ4n) is 9.12. The number of methoxy groups -OCH3 is 1. The molecule has 7 atom stereocenters. The quantitative estimate of drug-likeness (QED) is 0.328. The summed E-state index contributed by atoms with van der Waals surface area (Å²) in [6.45, 7) is 11.1. The first-order chi connectivity index (χ1) is 17.1. The molecule has 196 valence electrons. The first-order valence-electron chi connectivity index (χ1n) is 13.9. The van der Waals surface area contributed by atoms with Gasteiger partial charge in [0.2, 0.25) is 0 Å². The van der Waals surface area contributed by atoms with Crippen LogP contribution in [0.15, 0.2) is 48.6 Å². The number of benzene rings is 1. The van der Waals surface area contributed by atoms with Crippen LogP contribution in [0.4, 0.5) is 0 Å². The van der Waals surface area contributed by atoms with E-state index in [-0.39, 0.29) is 16.2 Å². The van der Waals surface area contributed by atoms with Gasteiger partial charge >= 0.3 is 0 Å². The summed E-state index contributed by atoms with van der Waals surface area (Å²) in [7, 11) is 1.66. The molecule has 0 heterocycles. The number of Topliss-reactive ketones (excluding diaryl/α,β-unsaturated/α-hetero) is 1. The largest absolute Gasteiger partial charge is 0.497 e. The molecule has 0 amide bonds. The van der Waals surface area contributed by atoms with Gasteiger partial charge in [-0.1, -0.05) is 43.7 Å². The summed E-state index contributed by atoms with van der Waals surface area (Å²) in [5, 5.41) is 11.4. The van der Waals surface area contributed by atoms with Crippen LogP contribution >= 0.6 is 0 Å². The van der Waals surface area contributed by atoms with Gasteiger partial charge in [-0.15, -0.1) is 6.58 Å². The molecule has 5 rings (SSSR count). The Morgan fingerprint density at radius 1 is 1.11 bits per heavy atom. The number of hydrogen-bond donors (Lipinski definition) is 1. The van der Waals surface area contributed by atoms with Gasteiger partial charge in [0.1, 0.15) is 11.5 Å². The molecule has 0 radical (unpaired) electrons. The number of carbonyl (C=O) groups is 1. The topological polar surface area (TPSA) is 55.8 Å². The van der Waals surface area contributed by atoms with Crippen molar-refractivity contribution >= 4 is 5.78 Å². The maximum atomic E-state index is 13.0. The molecule has 4 aliphatic rings. The lowest BCUT2D eigenvalue weighted by Gasteiger charge is -2.60. The van der Waals surface area contributed by atoms with Crippen LogP contribution in [-0.2, 0) is 16.1 Å². The van der Waals surface area contributed by atoms with E-state index in [4.69, 9.17) is 9.47 Å². The number of fused-ring (bicyclic) bond motifs is 5. The minimum Gasteiger partial charge on any atom is -0.497 e. The molecule has 1 aromatic carbocycles. The molecule has 1 N–H and O–H groups in total. The third-order valence-electron chi connectivity index (χ3n) is 11.3. The molecule has 4 aliphatic carbocycles. The lowest BCUT2D eigenvalue weighted by molar-refractivity contribution is -0.231. The van der Waals surface area contributed by atoms with E-state index < -0.39 is 5.79 Å². The Labute approximate surface area is 217 Å². The fourth-order valence-corrected chi connectivity index (χ4v) is 9.12. The van der Waals surface area contributed by atoms with E-state index in [0.717, 1.165) is 49.8 Å². The number of carbonyl (C=O) groups excluding carboxylic acids is 1. The molecule has 3 fully saturated rings. The molecular weight excluding hydrogens is 448 g/mol. The number of aliphatic hydroxyl groups is 1. The van der Waals surface area contributed by atoms with Crippen LogP contribution in [0.5, 0.6) is 5.75 Å². The van der Waals surface area contributed by atoms with E-state index in [2.05, 4.69) is 26.5 Å². The molecule has 1 aromatic rings. The Hall–Kier alpha value is -1.91. The van der Waals surface area contributed by atoms with Crippen LogP contribution in [0.3, 0.4) is 0 Å². The summed E-state index contributed by atoms with van der Waals surface area (Å²) in [6.07, 6.45) is 12.9. The van der Waals surface area contributed by atoms with Gasteiger partial charge in [0.15, 0.2) is 5.79 Å². The molecule has 0 aliphatic heterocycles. The third-order valence-corrected chi connectivity index (χ3v) is 11.3. The normalized spacial score (nSPS) is 41.5. The van der Waals surface area contributed by atoms with Crippen molar-refractivity contribution in [2.24, 2.45) is 34.0 Å². The van der Waals surface area contributed by atoms with Gasteiger partial charge in [0, 0.05) is 18.3 Å². The van der Waals surface area contributed by atoms with Crippen LogP contribution in [0, 0.1) is 34.0 Å². The Bertz CT molecular complexity index is 1040. The van der Waals surface area contributed by atoms with Crippen molar-refractivity contribution in [1.82, 2.24) is 0 Å². The van der Waals surface area contributed by atoms with Gasteiger partial charge in [-0.3, -0.25) is 4.79 Å². The summed E-state index contributed by atoms with van der Waals surface area (Å²) in [6, 6.07) is 7.85. The van der Waals surface area contributed by atoms with Crippen LogP contribution in [0.25, 0.3) is 0 Å². The lowest BCUT2D eigenvalue weighted by Crippen LogP contribution is -2.55. The van der Waals surface area contributed by atoms with E-state index in [9.17, 15) is 9.90 Å². The van der Waals surface area contributed by atoms with Crippen molar-refractivity contribution in [3.63, 3.8) is 0 Å². The monoisotopic (exact) mass is 492 g/mol. The second-order valence-electron chi connectivity index (χ2n) is 12.6. The summed E-state index contributed by atoms with van der Waals surface area (Å²) >= 11 is 0. The molecule has 4 heteroatoms. The average Bonchev–Trinajstić information content (AvgIpc) is 3.17. The minimum atomic E-state index is -1.11. The highest BCUT2D eigenvalue weighted by Crippen LogP contribution is 2.70. The van der Waals surface area contributed by atoms with Gasteiger partial charge < -0.3 is 14.6 Å². The van der Waals surface area contributed by atoms with Gasteiger partial charge in [0.25, 0.3) is 0 Å². The zero-order valence-corrected chi connectivity index (χ0v) is 22.6. The van der Waals surface area contributed by atoms with Gasteiger partial charge in [-0.2, -0.15) is 0 Å². The third kappa shape index (κ3) is 3.82. The van der Waals surface area contributed by atoms with Gasteiger partial charge in [-0.05, 0) is 98.1 Å². The first-order valence-corrected chi connectivity index (χ1v) is 13.9. The number of ether oxygens (including phenoxy) is 2. The molecule has 0 bridgehead atoms. The summed E-state index contributed by atoms with van der Waals surface area (Å²) < 4.78 is 11.4. The first kappa shape index (κ1) is 25.7. The molecule has 0 saturated heterocycles. The van der Waals surface area contributed by atoms with E-state index in [1.165, 1.54) is 12.0 Å². The standard InChI is InChI=1S/C32H44O4/c1-6-15-31(22(2)33)17-14-28-26-12-9-24-20-32(34,36-21-23-7-10-25(35-5)11-8-23)19-18-29(24,3)27(26)13-16-30(28,31)4/h6-11,26-28,34H,1,12-21H2,2-5H3. The maximum absolute atomic E-state index is 13.0. The molecule has 4 nitrogen and oxygen atoms in total. The zero-order valence-electron chi connectivity index (χ0n) is 22.6. The molecule has 36 heavy (non-hydrogen) atoms. The number of hydrogen-bond acceptors (Lipinski definition) is 4. The van der Waals surface area contributed by atoms with E-state index in [1.807, 2.05) is 37.3 Å². The molecule has 7 unspecified atom stereocenters. The van der Waals surface area contributed by atoms with Crippen LogP contribution in [0.1, 0.15) is 84.1 Å². The number of allylic oxidation sites excluding steroid dienone is 2. The summed E-state index contributed by atoms with van der Waals surface area (Å²) in [5.74, 6) is 1.90. The Morgan fingerprint density at radius 3 is 2.50 bits per heavy atom. The van der Waals surface area contributed by atoms with E-state index in [0.29, 0.717) is 43.0 Å². The van der Waals surface area contributed by atoms with Crippen molar-refractivity contribution < 1.29 is 19.4 Å². The Balaban J connectivity index is 1.33. The van der Waals surface area contributed by atoms with Crippen molar-refractivity contribution in [3.8, 4) is 5.75 Å². The van der Waals surface area contributed by atoms with Crippen LogP contribution in [0.2, 0.25) is 0 Å². The molecule has 0 aromatic heterocycles. The van der Waals surface area contributed by atoms with Crippen molar-refractivity contribution in [2.75, 3.05) is 7.11 Å². The number of ketones is 1. The zero-order chi connectivity index (χ0) is 25.8. The smallest absolute Gasteiger partial charge is 0.169 e. The van der Waals surface area contributed by atoms with E-state index in [1.54, 1.807) is 7.11 Å². The highest BCUT2D eigenvalue weighted by Gasteiger charge is 2.65. The lowest BCUT2D eigenvalue weighted by atomic mass is 9.45.